The van der Waals surface area contributed by atoms with Gasteiger partial charge in [0.25, 0.3) is 0 Å². The lowest BCUT2D eigenvalue weighted by Crippen LogP contribution is -2.13. The molecule has 5 nitrogen and oxygen atoms in total. The SMILES string of the molecule is COC(=O)c1cc(N(C)c2cc(C)[nH]c(=S)n2)ccc1Cl. The maximum absolute atomic E-state index is 11.7. The molecule has 1 aromatic heterocycles. The van der Waals surface area contributed by atoms with E-state index in [0.29, 0.717) is 21.2 Å². The maximum Gasteiger partial charge on any atom is 0.339 e. The van der Waals surface area contributed by atoms with Crippen LogP contribution in [0.4, 0.5) is 11.5 Å². The Labute approximate surface area is 132 Å². The number of aromatic amines is 1. The number of methoxy groups -OCH3 is 1. The number of aryl methyl sites for hydroxylation is 1. The summed E-state index contributed by atoms with van der Waals surface area (Å²) in [5.74, 6) is 0.194. The van der Waals surface area contributed by atoms with Gasteiger partial charge in [0.2, 0.25) is 0 Å². The van der Waals surface area contributed by atoms with Crippen LogP contribution in [-0.4, -0.2) is 30.1 Å². The molecule has 0 saturated heterocycles. The molecular formula is C14H14ClN3O2S. The summed E-state index contributed by atoms with van der Waals surface area (Å²) in [5.41, 5.74) is 1.97. The first-order valence-electron chi connectivity index (χ1n) is 6.12. The number of hydrogen-bond acceptors (Lipinski definition) is 5. The molecule has 21 heavy (non-hydrogen) atoms. The zero-order valence-electron chi connectivity index (χ0n) is 11.8. The van der Waals surface area contributed by atoms with E-state index >= 15 is 0 Å². The van der Waals surface area contributed by atoms with Crippen molar-refractivity contribution in [2.24, 2.45) is 0 Å². The van der Waals surface area contributed by atoms with E-state index in [-0.39, 0.29) is 0 Å². The Morgan fingerprint density at radius 2 is 2.14 bits per heavy atom. The first-order valence-corrected chi connectivity index (χ1v) is 6.90. The zero-order chi connectivity index (χ0) is 15.6. The predicted octanol–water partition coefficient (Wildman–Crippen LogP) is 3.66. The lowest BCUT2D eigenvalue weighted by atomic mass is 10.2. The molecule has 1 N–H and O–H groups in total. The Kier molecular flexibility index (Phi) is 4.59. The van der Waals surface area contributed by atoms with Gasteiger partial charge >= 0.3 is 5.97 Å². The van der Waals surface area contributed by atoms with E-state index in [1.807, 2.05) is 24.9 Å². The van der Waals surface area contributed by atoms with Gasteiger partial charge in [0.05, 0.1) is 17.7 Å². The van der Waals surface area contributed by atoms with Crippen LogP contribution in [0, 0.1) is 11.7 Å². The van der Waals surface area contributed by atoms with Gasteiger partial charge in [-0.05, 0) is 37.3 Å². The monoisotopic (exact) mass is 323 g/mol. The third-order valence-electron chi connectivity index (χ3n) is 2.95. The van der Waals surface area contributed by atoms with Crippen LogP contribution in [0.5, 0.6) is 0 Å². The van der Waals surface area contributed by atoms with Crippen LogP contribution in [0.15, 0.2) is 24.3 Å². The molecule has 0 atom stereocenters. The maximum atomic E-state index is 11.7. The summed E-state index contributed by atoms with van der Waals surface area (Å²) in [4.78, 5) is 20.7. The molecule has 1 heterocycles. The van der Waals surface area contributed by atoms with Gasteiger partial charge in [0.15, 0.2) is 4.77 Å². The molecule has 0 aliphatic rings. The molecule has 0 fully saturated rings. The Morgan fingerprint density at radius 3 is 2.76 bits per heavy atom. The number of anilines is 2. The van der Waals surface area contributed by atoms with Gasteiger partial charge in [0.1, 0.15) is 5.82 Å². The van der Waals surface area contributed by atoms with Gasteiger partial charge < -0.3 is 14.6 Å². The van der Waals surface area contributed by atoms with Crippen molar-refractivity contribution in [2.45, 2.75) is 6.92 Å². The number of nitrogens with zero attached hydrogens (tertiary/aromatic N) is 2. The lowest BCUT2D eigenvalue weighted by Gasteiger charge is -2.19. The Hall–Kier alpha value is -1.92. The number of rotatable bonds is 3. The number of carbonyl (C=O) groups excluding carboxylic acids is 1. The van der Waals surface area contributed by atoms with Crippen LogP contribution < -0.4 is 4.90 Å². The number of ether oxygens (including phenoxy) is 1. The summed E-state index contributed by atoms with van der Waals surface area (Å²) in [6.45, 7) is 1.90. The highest BCUT2D eigenvalue weighted by atomic mass is 35.5. The molecular weight excluding hydrogens is 310 g/mol. The molecule has 7 heteroatoms. The second-order valence-corrected chi connectivity index (χ2v) is 5.24. The summed E-state index contributed by atoms with van der Waals surface area (Å²) in [7, 11) is 3.15. The van der Waals surface area contributed by atoms with E-state index in [1.165, 1.54) is 7.11 Å². The number of halogens is 1. The number of esters is 1. The number of benzene rings is 1. The standard InChI is InChI=1S/C14H14ClN3O2S/c1-8-6-12(17-14(21)16-8)18(2)9-4-5-11(15)10(7-9)13(19)20-3/h4-7H,1-3H3,(H,16,17,21). The molecule has 2 aromatic rings. The molecule has 0 spiro atoms. The quantitative estimate of drug-likeness (QED) is 0.690. The average molecular weight is 324 g/mol. The highest BCUT2D eigenvalue weighted by Crippen LogP contribution is 2.27. The van der Waals surface area contributed by atoms with Crippen LogP contribution in [0.2, 0.25) is 5.02 Å². The van der Waals surface area contributed by atoms with Gasteiger partial charge in [-0.3, -0.25) is 0 Å². The fourth-order valence-corrected chi connectivity index (χ4v) is 2.30. The molecule has 1 aromatic carbocycles. The summed E-state index contributed by atoms with van der Waals surface area (Å²) in [5, 5.41) is 0.341. The minimum Gasteiger partial charge on any atom is -0.465 e. The van der Waals surface area contributed by atoms with E-state index in [4.69, 9.17) is 28.6 Å². The number of aromatic nitrogens is 2. The number of nitrogens with one attached hydrogen (secondary N) is 1. The van der Waals surface area contributed by atoms with Gasteiger partial charge in [-0.25, -0.2) is 9.78 Å². The van der Waals surface area contributed by atoms with Crippen molar-refractivity contribution in [3.63, 3.8) is 0 Å². The Morgan fingerprint density at radius 1 is 1.43 bits per heavy atom. The zero-order valence-corrected chi connectivity index (χ0v) is 13.4. The molecule has 0 aliphatic carbocycles. The van der Waals surface area contributed by atoms with Crippen LogP contribution in [0.3, 0.4) is 0 Å². The van der Waals surface area contributed by atoms with Crippen molar-refractivity contribution in [2.75, 3.05) is 19.1 Å². The van der Waals surface area contributed by atoms with Crippen molar-refractivity contribution in [3.05, 3.63) is 45.3 Å². The largest absolute Gasteiger partial charge is 0.465 e. The topological polar surface area (TPSA) is 58.2 Å². The minimum absolute atomic E-state index is 0.307. The normalized spacial score (nSPS) is 10.3. The second-order valence-electron chi connectivity index (χ2n) is 4.44. The van der Waals surface area contributed by atoms with E-state index in [0.717, 1.165) is 11.4 Å². The Bertz CT molecular complexity index is 745. The van der Waals surface area contributed by atoms with Crippen LogP contribution >= 0.6 is 23.8 Å². The number of H-pyrrole nitrogens is 1. The summed E-state index contributed by atoms with van der Waals surface area (Å²) in [6.07, 6.45) is 0. The number of hydrogen-bond donors (Lipinski definition) is 1. The average Bonchev–Trinajstić information content (AvgIpc) is 2.45. The van der Waals surface area contributed by atoms with E-state index in [9.17, 15) is 4.79 Å². The molecule has 0 saturated carbocycles. The van der Waals surface area contributed by atoms with Crippen LogP contribution in [-0.2, 0) is 4.74 Å². The van der Waals surface area contributed by atoms with E-state index < -0.39 is 5.97 Å². The van der Waals surface area contributed by atoms with Gasteiger partial charge in [-0.1, -0.05) is 11.6 Å². The highest BCUT2D eigenvalue weighted by Gasteiger charge is 2.14. The second kappa shape index (κ2) is 6.24. The fourth-order valence-electron chi connectivity index (χ4n) is 1.86. The van der Waals surface area contributed by atoms with Gasteiger partial charge in [-0.15, -0.1) is 0 Å². The van der Waals surface area contributed by atoms with Crippen molar-refractivity contribution >= 4 is 41.3 Å². The number of carbonyl (C=O) groups is 1. The Balaban J connectivity index is 2.46. The minimum atomic E-state index is -0.482. The van der Waals surface area contributed by atoms with E-state index in [1.54, 1.807) is 18.2 Å². The first-order chi connectivity index (χ1) is 9.92. The molecule has 0 unspecified atom stereocenters. The molecule has 0 radical (unpaired) electrons. The van der Waals surface area contributed by atoms with Crippen LogP contribution in [0.1, 0.15) is 16.1 Å². The fraction of sp³-hybridized carbons (Fsp3) is 0.214. The van der Waals surface area contributed by atoms with Crippen molar-refractivity contribution < 1.29 is 9.53 Å². The molecule has 110 valence electrons. The predicted molar refractivity (Wildman–Crippen MR) is 85.0 cm³/mol. The molecule has 0 amide bonds. The highest BCUT2D eigenvalue weighted by molar-refractivity contribution is 7.71. The van der Waals surface area contributed by atoms with E-state index in [2.05, 4.69) is 9.97 Å². The third kappa shape index (κ3) is 3.40. The lowest BCUT2D eigenvalue weighted by molar-refractivity contribution is 0.0601. The summed E-state index contributed by atoms with van der Waals surface area (Å²) in [6, 6.07) is 6.97. The van der Waals surface area contributed by atoms with Crippen molar-refractivity contribution in [3.8, 4) is 0 Å². The molecule has 2 rings (SSSR count). The summed E-state index contributed by atoms with van der Waals surface area (Å²) < 4.78 is 5.12. The van der Waals surface area contributed by atoms with Gasteiger partial charge in [0, 0.05) is 24.5 Å². The van der Waals surface area contributed by atoms with Crippen molar-refractivity contribution in [1.82, 2.24) is 9.97 Å². The third-order valence-corrected chi connectivity index (χ3v) is 3.47. The van der Waals surface area contributed by atoms with Crippen molar-refractivity contribution in [1.29, 1.82) is 0 Å². The first kappa shape index (κ1) is 15.5. The summed E-state index contributed by atoms with van der Waals surface area (Å²) >= 11 is 11.1. The van der Waals surface area contributed by atoms with Crippen LogP contribution in [0.25, 0.3) is 0 Å². The van der Waals surface area contributed by atoms with Gasteiger partial charge in [-0.2, -0.15) is 0 Å². The molecule has 0 bridgehead atoms. The smallest absolute Gasteiger partial charge is 0.339 e. The molecule has 0 aliphatic heterocycles.